The van der Waals surface area contributed by atoms with Crippen LogP contribution < -0.4 is 5.32 Å². The van der Waals surface area contributed by atoms with Crippen molar-refractivity contribution in [1.29, 1.82) is 0 Å². The molecule has 0 saturated carbocycles. The average Bonchev–Trinajstić information content (AvgIpc) is 3.42. The van der Waals surface area contributed by atoms with Crippen molar-refractivity contribution in [2.75, 3.05) is 25.0 Å². The second-order valence-corrected chi connectivity index (χ2v) is 8.05. The van der Waals surface area contributed by atoms with Crippen LogP contribution in [-0.4, -0.2) is 57.9 Å². The Morgan fingerprint density at radius 3 is 2.32 bits per heavy atom. The van der Waals surface area contributed by atoms with Gasteiger partial charge in [-0.1, -0.05) is 55.5 Å². The highest BCUT2D eigenvalue weighted by molar-refractivity contribution is 5.94. The molecule has 0 saturated heterocycles. The monoisotopic (exact) mass is 462 g/mol. The van der Waals surface area contributed by atoms with E-state index in [-0.39, 0.29) is 42.9 Å². The van der Waals surface area contributed by atoms with Crippen LogP contribution in [0.2, 0.25) is 0 Å². The lowest BCUT2D eigenvalue weighted by molar-refractivity contribution is -0.137. The number of rotatable bonds is 9. The minimum absolute atomic E-state index is 0.0636. The summed E-state index contributed by atoms with van der Waals surface area (Å²) in [5.74, 6) is -1.27. The van der Waals surface area contributed by atoms with E-state index in [2.05, 4.69) is 27.6 Å². The number of ether oxygens (including phenoxy) is 1. The van der Waals surface area contributed by atoms with E-state index in [1.54, 1.807) is 0 Å². The first-order valence-corrected chi connectivity index (χ1v) is 11.2. The van der Waals surface area contributed by atoms with Gasteiger partial charge >= 0.3 is 12.1 Å². The van der Waals surface area contributed by atoms with Crippen molar-refractivity contribution in [2.45, 2.75) is 25.7 Å². The fourth-order valence-electron chi connectivity index (χ4n) is 4.22. The molecule has 0 aliphatic heterocycles. The third-order valence-electron chi connectivity index (χ3n) is 5.76. The Hall–Kier alpha value is -4.14. The van der Waals surface area contributed by atoms with Crippen LogP contribution in [0, 0.1) is 0 Å². The third kappa shape index (κ3) is 4.93. The minimum Gasteiger partial charge on any atom is -0.481 e. The van der Waals surface area contributed by atoms with Crippen molar-refractivity contribution in [1.82, 2.24) is 15.1 Å². The number of aliphatic carboxylic acids is 1. The van der Waals surface area contributed by atoms with Crippen molar-refractivity contribution >= 4 is 23.8 Å². The summed E-state index contributed by atoms with van der Waals surface area (Å²) in [6.07, 6.45) is -0.140. The fourth-order valence-corrected chi connectivity index (χ4v) is 4.22. The van der Waals surface area contributed by atoms with Crippen molar-refractivity contribution in [3.63, 3.8) is 0 Å². The summed E-state index contributed by atoms with van der Waals surface area (Å²) in [5, 5.41) is 18.0. The molecule has 1 aliphatic carbocycles. The molecule has 34 heavy (non-hydrogen) atoms. The normalized spacial score (nSPS) is 12.0. The number of H-pyrrole nitrogens is 1. The van der Waals surface area contributed by atoms with Gasteiger partial charge in [0.05, 0.1) is 6.42 Å². The topological polar surface area (TPSA) is 125 Å². The molecule has 0 atom stereocenters. The number of amides is 2. The molecule has 3 N–H and O–H groups in total. The van der Waals surface area contributed by atoms with E-state index in [0.717, 1.165) is 22.3 Å². The number of hydrogen-bond donors (Lipinski definition) is 3. The van der Waals surface area contributed by atoms with Crippen LogP contribution in [0.1, 0.15) is 47.3 Å². The first-order valence-electron chi connectivity index (χ1n) is 11.2. The van der Waals surface area contributed by atoms with E-state index >= 15 is 0 Å². The number of aromatic nitrogens is 2. The number of nitrogens with one attached hydrogen (secondary N) is 2. The van der Waals surface area contributed by atoms with E-state index < -0.39 is 12.1 Å². The number of fused-ring (bicyclic) bond motifs is 3. The van der Waals surface area contributed by atoms with Crippen LogP contribution in [0.4, 0.5) is 10.6 Å². The number of carboxylic acid groups (broad SMARTS) is 1. The minimum atomic E-state index is -0.976. The predicted octanol–water partition coefficient (Wildman–Crippen LogP) is 4.10. The Labute approximate surface area is 196 Å². The Morgan fingerprint density at radius 1 is 1.06 bits per heavy atom. The summed E-state index contributed by atoms with van der Waals surface area (Å²) in [5.41, 5.74) is 4.67. The van der Waals surface area contributed by atoms with E-state index in [1.165, 1.54) is 11.0 Å². The second kappa shape index (κ2) is 10.2. The smallest absolute Gasteiger partial charge is 0.412 e. The first kappa shape index (κ1) is 23.0. The molecule has 0 fully saturated rings. The second-order valence-electron chi connectivity index (χ2n) is 8.05. The fraction of sp³-hybridized carbons (Fsp3) is 0.280. The maximum absolute atomic E-state index is 12.7. The van der Waals surface area contributed by atoms with Crippen LogP contribution in [0.15, 0.2) is 54.6 Å². The van der Waals surface area contributed by atoms with Crippen molar-refractivity contribution in [2.24, 2.45) is 0 Å². The van der Waals surface area contributed by atoms with E-state index in [4.69, 9.17) is 9.84 Å². The molecule has 2 amide bonds. The van der Waals surface area contributed by atoms with Crippen LogP contribution in [0.25, 0.3) is 11.1 Å². The lowest BCUT2D eigenvalue weighted by Crippen LogP contribution is -2.34. The van der Waals surface area contributed by atoms with Gasteiger partial charge in [0.2, 0.25) is 0 Å². The predicted molar refractivity (Wildman–Crippen MR) is 126 cm³/mol. The van der Waals surface area contributed by atoms with E-state index in [1.807, 2.05) is 43.3 Å². The number of hydrogen-bond acceptors (Lipinski definition) is 5. The lowest BCUT2D eigenvalue weighted by atomic mass is 9.98. The summed E-state index contributed by atoms with van der Waals surface area (Å²) < 4.78 is 5.50. The number of carbonyl (C=O) groups is 3. The highest BCUT2D eigenvalue weighted by Gasteiger charge is 2.29. The molecule has 3 aromatic rings. The quantitative estimate of drug-likeness (QED) is 0.440. The van der Waals surface area contributed by atoms with Gasteiger partial charge in [0.15, 0.2) is 5.82 Å². The summed E-state index contributed by atoms with van der Waals surface area (Å²) >= 11 is 0. The lowest BCUT2D eigenvalue weighted by Gasteiger charge is -2.20. The third-order valence-corrected chi connectivity index (χ3v) is 5.76. The van der Waals surface area contributed by atoms with Crippen molar-refractivity contribution in [3.8, 4) is 11.1 Å². The van der Waals surface area contributed by atoms with Gasteiger partial charge < -0.3 is 14.7 Å². The largest absolute Gasteiger partial charge is 0.481 e. The average molecular weight is 463 g/mol. The highest BCUT2D eigenvalue weighted by atomic mass is 16.5. The standard InChI is InChI=1S/C25H26N4O5/c1-2-12-29(13-11-23(30)31)24(32)21-14-22(28-27-21)26-25(33)34-15-20-18-9-5-3-7-16(18)17-8-4-6-10-19(17)20/h3-10,14,20H,2,11-13,15H2,1H3,(H,30,31)(H2,26,27,28,33). The highest BCUT2D eigenvalue weighted by Crippen LogP contribution is 2.44. The molecule has 0 spiro atoms. The van der Waals surface area contributed by atoms with Crippen LogP contribution in [0.3, 0.4) is 0 Å². The Kier molecular flexibility index (Phi) is 6.91. The van der Waals surface area contributed by atoms with Gasteiger partial charge in [0.1, 0.15) is 12.3 Å². The zero-order valence-electron chi connectivity index (χ0n) is 18.8. The summed E-state index contributed by atoms with van der Waals surface area (Å²) in [7, 11) is 0. The Bertz CT molecular complexity index is 1160. The number of nitrogens with zero attached hydrogens (tertiary/aromatic N) is 2. The molecule has 1 aliphatic rings. The molecule has 1 heterocycles. The van der Waals surface area contributed by atoms with E-state index in [0.29, 0.717) is 13.0 Å². The molecule has 9 heteroatoms. The number of benzene rings is 2. The summed E-state index contributed by atoms with van der Waals surface area (Å²) in [6.45, 7) is 2.57. The molecular formula is C25H26N4O5. The zero-order chi connectivity index (χ0) is 24.1. The number of anilines is 1. The maximum Gasteiger partial charge on any atom is 0.412 e. The zero-order valence-corrected chi connectivity index (χ0v) is 18.8. The van der Waals surface area contributed by atoms with Gasteiger partial charge in [-0.15, -0.1) is 0 Å². The van der Waals surface area contributed by atoms with Gasteiger partial charge in [-0.05, 0) is 28.7 Å². The number of aromatic amines is 1. The SMILES string of the molecule is CCCN(CCC(=O)O)C(=O)c1cc(NC(=O)OCC2c3ccccc3-c3ccccc32)n[nH]1. The molecule has 4 rings (SSSR count). The molecule has 9 nitrogen and oxygen atoms in total. The van der Waals surface area contributed by atoms with Crippen LogP contribution >= 0.6 is 0 Å². The molecule has 0 bridgehead atoms. The molecule has 2 aromatic carbocycles. The maximum atomic E-state index is 12.7. The van der Waals surface area contributed by atoms with Gasteiger partial charge in [0.25, 0.3) is 5.91 Å². The van der Waals surface area contributed by atoms with Gasteiger partial charge in [-0.25, -0.2) is 4.79 Å². The Balaban J connectivity index is 1.37. The molecule has 0 radical (unpaired) electrons. The number of carbonyl (C=O) groups excluding carboxylic acids is 2. The number of carboxylic acids is 1. The molecule has 1 aromatic heterocycles. The van der Waals surface area contributed by atoms with Crippen molar-refractivity contribution in [3.05, 3.63) is 71.4 Å². The van der Waals surface area contributed by atoms with E-state index in [9.17, 15) is 14.4 Å². The molecule has 176 valence electrons. The molecular weight excluding hydrogens is 436 g/mol. The van der Waals surface area contributed by atoms with Gasteiger partial charge in [-0.2, -0.15) is 5.10 Å². The van der Waals surface area contributed by atoms with Crippen molar-refractivity contribution < 1.29 is 24.2 Å². The summed E-state index contributed by atoms with van der Waals surface area (Å²) in [6, 6.07) is 17.5. The molecule has 0 unspecified atom stereocenters. The van der Waals surface area contributed by atoms with Gasteiger partial charge in [-0.3, -0.25) is 20.0 Å². The van der Waals surface area contributed by atoms with Crippen LogP contribution in [0.5, 0.6) is 0 Å². The van der Waals surface area contributed by atoms with Gasteiger partial charge in [0, 0.05) is 25.1 Å². The van der Waals surface area contributed by atoms with Crippen LogP contribution in [-0.2, 0) is 9.53 Å². The Morgan fingerprint density at radius 2 is 1.71 bits per heavy atom. The first-order chi connectivity index (χ1) is 16.5. The summed E-state index contributed by atoms with van der Waals surface area (Å²) in [4.78, 5) is 37.4.